The minimum atomic E-state index is -0.645. The Bertz CT molecular complexity index is 716. The van der Waals surface area contributed by atoms with E-state index in [1.165, 1.54) is 32.2 Å². The van der Waals surface area contributed by atoms with E-state index in [1.807, 2.05) is 0 Å². The highest BCUT2D eigenvalue weighted by molar-refractivity contribution is 6.10. The molecule has 1 aromatic heterocycles. The molecule has 0 aliphatic rings. The molecule has 1 amide bonds. The Kier molecular flexibility index (Phi) is 4.85. The molecule has 0 aliphatic carbocycles. The Morgan fingerprint density at radius 1 is 1.13 bits per heavy atom. The van der Waals surface area contributed by atoms with Crippen LogP contribution in [0.5, 0.6) is 11.5 Å². The van der Waals surface area contributed by atoms with E-state index in [0.717, 1.165) is 0 Å². The number of benzene rings is 1. The standard InChI is InChI=1S/C15H17N3O5/c1-18-8-9(13(17-18)15(20)23-4)16-14(19)12-10(21-2)6-5-7-11(12)22-3/h5-8H,1-4H3,(H,16,19). The molecule has 0 spiro atoms. The van der Waals surface area contributed by atoms with Gasteiger partial charge in [0.25, 0.3) is 5.91 Å². The third kappa shape index (κ3) is 3.25. The first-order chi connectivity index (χ1) is 11.0. The van der Waals surface area contributed by atoms with Crippen LogP contribution in [-0.4, -0.2) is 43.0 Å². The largest absolute Gasteiger partial charge is 0.496 e. The van der Waals surface area contributed by atoms with E-state index in [4.69, 9.17) is 9.47 Å². The monoisotopic (exact) mass is 319 g/mol. The molecule has 23 heavy (non-hydrogen) atoms. The molecule has 2 aromatic rings. The number of carbonyl (C=O) groups excluding carboxylic acids is 2. The third-order valence-electron chi connectivity index (χ3n) is 3.11. The lowest BCUT2D eigenvalue weighted by Gasteiger charge is -2.12. The fraction of sp³-hybridized carbons (Fsp3) is 0.267. The highest BCUT2D eigenvalue weighted by Crippen LogP contribution is 2.29. The fourth-order valence-corrected chi connectivity index (χ4v) is 2.09. The summed E-state index contributed by atoms with van der Waals surface area (Å²) in [5, 5.41) is 6.61. The SMILES string of the molecule is COC(=O)c1nn(C)cc1NC(=O)c1c(OC)cccc1OC. The second kappa shape index (κ2) is 6.82. The van der Waals surface area contributed by atoms with E-state index in [1.54, 1.807) is 25.2 Å². The van der Waals surface area contributed by atoms with Crippen LogP contribution in [0.2, 0.25) is 0 Å². The lowest BCUT2D eigenvalue weighted by molar-refractivity contribution is 0.0594. The van der Waals surface area contributed by atoms with E-state index in [0.29, 0.717) is 11.5 Å². The van der Waals surface area contributed by atoms with Gasteiger partial charge >= 0.3 is 5.97 Å². The number of hydrogen-bond acceptors (Lipinski definition) is 6. The van der Waals surface area contributed by atoms with Gasteiger partial charge in [0.15, 0.2) is 5.69 Å². The van der Waals surface area contributed by atoms with Crippen molar-refractivity contribution in [3.63, 3.8) is 0 Å². The van der Waals surface area contributed by atoms with E-state index in [9.17, 15) is 9.59 Å². The van der Waals surface area contributed by atoms with Gasteiger partial charge in [-0.3, -0.25) is 9.48 Å². The average molecular weight is 319 g/mol. The zero-order valence-electron chi connectivity index (χ0n) is 13.2. The summed E-state index contributed by atoms with van der Waals surface area (Å²) in [4.78, 5) is 24.3. The number of nitrogens with zero attached hydrogens (tertiary/aromatic N) is 2. The first-order valence-electron chi connectivity index (χ1n) is 6.66. The van der Waals surface area contributed by atoms with Crippen LogP contribution in [0.4, 0.5) is 5.69 Å². The lowest BCUT2D eigenvalue weighted by atomic mass is 10.1. The van der Waals surface area contributed by atoms with Gasteiger partial charge in [-0.05, 0) is 12.1 Å². The molecule has 0 saturated carbocycles. The van der Waals surface area contributed by atoms with Gasteiger partial charge in [-0.2, -0.15) is 5.10 Å². The van der Waals surface area contributed by atoms with Crippen molar-refractivity contribution in [1.82, 2.24) is 9.78 Å². The van der Waals surface area contributed by atoms with Gasteiger partial charge in [-0.15, -0.1) is 0 Å². The molecule has 2 rings (SSSR count). The van der Waals surface area contributed by atoms with Crippen molar-refractivity contribution in [2.45, 2.75) is 0 Å². The van der Waals surface area contributed by atoms with Crippen LogP contribution >= 0.6 is 0 Å². The minimum absolute atomic E-state index is 0.0113. The first-order valence-corrected chi connectivity index (χ1v) is 6.66. The van der Waals surface area contributed by atoms with Crippen LogP contribution in [0, 0.1) is 0 Å². The molecule has 0 aliphatic heterocycles. The molecule has 8 heteroatoms. The Morgan fingerprint density at radius 2 is 1.74 bits per heavy atom. The summed E-state index contributed by atoms with van der Waals surface area (Å²) < 4.78 is 16.5. The molecular formula is C15H17N3O5. The maximum Gasteiger partial charge on any atom is 0.360 e. The van der Waals surface area contributed by atoms with E-state index < -0.39 is 11.9 Å². The molecule has 1 N–H and O–H groups in total. The molecule has 0 atom stereocenters. The summed E-state index contributed by atoms with van der Waals surface area (Å²) in [5.74, 6) is -0.430. The van der Waals surface area contributed by atoms with E-state index in [-0.39, 0.29) is 16.9 Å². The molecule has 0 bridgehead atoms. The summed E-state index contributed by atoms with van der Waals surface area (Å²) in [6.45, 7) is 0. The molecule has 1 aromatic carbocycles. The lowest BCUT2D eigenvalue weighted by Crippen LogP contribution is -2.16. The van der Waals surface area contributed by atoms with Crippen LogP contribution in [0.3, 0.4) is 0 Å². The number of ether oxygens (including phenoxy) is 3. The van der Waals surface area contributed by atoms with Gasteiger partial charge in [-0.25, -0.2) is 4.79 Å². The molecule has 0 saturated heterocycles. The second-order valence-corrected chi connectivity index (χ2v) is 4.55. The van der Waals surface area contributed by atoms with Crippen molar-refractivity contribution < 1.29 is 23.8 Å². The van der Waals surface area contributed by atoms with Gasteiger partial charge in [0.1, 0.15) is 17.1 Å². The van der Waals surface area contributed by atoms with Gasteiger partial charge in [0, 0.05) is 13.2 Å². The van der Waals surface area contributed by atoms with Crippen LogP contribution in [-0.2, 0) is 11.8 Å². The molecule has 0 radical (unpaired) electrons. The number of amides is 1. The van der Waals surface area contributed by atoms with Crippen molar-refractivity contribution >= 4 is 17.6 Å². The van der Waals surface area contributed by atoms with Gasteiger partial charge in [0.05, 0.1) is 27.0 Å². The maximum absolute atomic E-state index is 12.6. The summed E-state index contributed by atoms with van der Waals surface area (Å²) in [6.07, 6.45) is 1.51. The number of nitrogens with one attached hydrogen (secondary N) is 1. The fourth-order valence-electron chi connectivity index (χ4n) is 2.09. The van der Waals surface area contributed by atoms with Crippen molar-refractivity contribution in [3.05, 3.63) is 35.7 Å². The molecule has 8 nitrogen and oxygen atoms in total. The van der Waals surface area contributed by atoms with Gasteiger partial charge < -0.3 is 19.5 Å². The Labute approximate surface area is 132 Å². The number of hydrogen-bond donors (Lipinski definition) is 1. The quantitative estimate of drug-likeness (QED) is 0.839. The van der Waals surface area contributed by atoms with Gasteiger partial charge in [0.2, 0.25) is 0 Å². The summed E-state index contributed by atoms with van der Waals surface area (Å²) in [5.41, 5.74) is 0.465. The number of anilines is 1. The first kappa shape index (κ1) is 16.3. The topological polar surface area (TPSA) is 91.7 Å². The number of aromatic nitrogens is 2. The second-order valence-electron chi connectivity index (χ2n) is 4.55. The molecular weight excluding hydrogens is 302 g/mol. The van der Waals surface area contributed by atoms with E-state index >= 15 is 0 Å². The Morgan fingerprint density at radius 3 is 2.26 bits per heavy atom. The molecule has 1 heterocycles. The number of methoxy groups -OCH3 is 3. The number of rotatable bonds is 5. The van der Waals surface area contributed by atoms with Crippen molar-refractivity contribution in [1.29, 1.82) is 0 Å². The molecule has 0 unspecified atom stereocenters. The van der Waals surface area contributed by atoms with Crippen molar-refractivity contribution in [2.75, 3.05) is 26.6 Å². The Hall–Kier alpha value is -3.03. The zero-order chi connectivity index (χ0) is 17.0. The smallest absolute Gasteiger partial charge is 0.360 e. The van der Waals surface area contributed by atoms with Crippen LogP contribution in [0.1, 0.15) is 20.8 Å². The number of carbonyl (C=O) groups is 2. The maximum atomic E-state index is 12.6. The summed E-state index contributed by atoms with van der Waals surface area (Å²) in [6, 6.07) is 4.99. The predicted octanol–water partition coefficient (Wildman–Crippen LogP) is 1.48. The number of esters is 1. The predicted molar refractivity (Wildman–Crippen MR) is 82.0 cm³/mol. The highest BCUT2D eigenvalue weighted by atomic mass is 16.5. The highest BCUT2D eigenvalue weighted by Gasteiger charge is 2.23. The Balaban J connectivity index is 2.39. The number of aryl methyl sites for hydroxylation is 1. The van der Waals surface area contributed by atoms with Crippen LogP contribution in [0.15, 0.2) is 24.4 Å². The summed E-state index contributed by atoms with van der Waals surface area (Å²) in [7, 11) is 5.78. The van der Waals surface area contributed by atoms with E-state index in [2.05, 4.69) is 15.2 Å². The van der Waals surface area contributed by atoms with Crippen molar-refractivity contribution in [2.24, 2.45) is 7.05 Å². The van der Waals surface area contributed by atoms with Crippen molar-refractivity contribution in [3.8, 4) is 11.5 Å². The van der Waals surface area contributed by atoms with Crippen LogP contribution < -0.4 is 14.8 Å². The third-order valence-corrected chi connectivity index (χ3v) is 3.11. The molecule has 0 fully saturated rings. The van der Waals surface area contributed by atoms with Crippen LogP contribution in [0.25, 0.3) is 0 Å². The average Bonchev–Trinajstić information content (AvgIpc) is 2.93. The molecule has 122 valence electrons. The minimum Gasteiger partial charge on any atom is -0.496 e. The normalized spacial score (nSPS) is 10.1. The zero-order valence-corrected chi connectivity index (χ0v) is 13.2. The van der Waals surface area contributed by atoms with Gasteiger partial charge in [-0.1, -0.05) is 6.07 Å². The summed E-state index contributed by atoms with van der Waals surface area (Å²) >= 11 is 0.